The second kappa shape index (κ2) is 3.06. The Morgan fingerprint density at radius 2 is 1.07 bits per heavy atom. The fourth-order valence-electron chi connectivity index (χ4n) is 1.91. The molecule has 2 aromatic rings. The first-order valence-electron chi connectivity index (χ1n) is 5.09. The highest BCUT2D eigenvalue weighted by molar-refractivity contribution is 5.91. The van der Waals surface area contributed by atoms with E-state index < -0.39 is 0 Å². The van der Waals surface area contributed by atoms with Gasteiger partial charge in [-0.15, -0.1) is 0 Å². The topological polar surface area (TPSA) is 12.4 Å². The van der Waals surface area contributed by atoms with Crippen molar-refractivity contribution in [3.05, 3.63) is 71.8 Å². The summed E-state index contributed by atoms with van der Waals surface area (Å²) in [6.07, 6.45) is 2.01. The average Bonchev–Trinajstić information content (AvgIpc) is 3.13. The summed E-state index contributed by atoms with van der Waals surface area (Å²) in [6, 6.07) is 20.8. The molecule has 0 unspecified atom stereocenters. The molecule has 1 nitrogen and oxygen atoms in total. The maximum Gasteiger partial charge on any atom is 0.145 e. The van der Waals surface area contributed by atoms with E-state index in [1.54, 1.807) is 0 Å². The third-order valence-corrected chi connectivity index (χ3v) is 2.82. The molecule has 15 heavy (non-hydrogen) atoms. The average molecular weight is 193 g/mol. The number of hydrogen-bond acceptors (Lipinski definition) is 1. The van der Waals surface area contributed by atoms with Gasteiger partial charge in [0.2, 0.25) is 0 Å². The van der Waals surface area contributed by atoms with Crippen LogP contribution in [-0.2, 0) is 5.54 Å². The molecule has 0 bridgehead atoms. The molecule has 1 aliphatic heterocycles. The van der Waals surface area contributed by atoms with Gasteiger partial charge in [-0.3, -0.25) is 4.99 Å². The van der Waals surface area contributed by atoms with Gasteiger partial charge in [0, 0.05) is 6.21 Å². The fraction of sp³-hybridized carbons (Fsp3) is 0.0714. The smallest absolute Gasteiger partial charge is 0.145 e. The quantitative estimate of drug-likeness (QED) is 0.695. The fourth-order valence-corrected chi connectivity index (χ4v) is 1.91. The van der Waals surface area contributed by atoms with Crippen molar-refractivity contribution in [3.8, 4) is 0 Å². The summed E-state index contributed by atoms with van der Waals surface area (Å²) in [6.45, 7) is 0. The van der Waals surface area contributed by atoms with Gasteiger partial charge in [-0.05, 0) is 11.1 Å². The van der Waals surface area contributed by atoms with Crippen LogP contribution < -0.4 is 0 Å². The Hall–Kier alpha value is -1.89. The van der Waals surface area contributed by atoms with Crippen LogP contribution in [0.1, 0.15) is 11.1 Å². The van der Waals surface area contributed by atoms with Crippen LogP contribution in [0.25, 0.3) is 0 Å². The molecule has 0 aliphatic carbocycles. The first-order chi connectivity index (χ1) is 7.42. The Morgan fingerprint density at radius 3 is 1.40 bits per heavy atom. The van der Waals surface area contributed by atoms with Crippen molar-refractivity contribution in [2.24, 2.45) is 4.99 Å². The zero-order valence-electron chi connectivity index (χ0n) is 8.30. The predicted molar refractivity (Wildman–Crippen MR) is 62.2 cm³/mol. The van der Waals surface area contributed by atoms with Gasteiger partial charge in [-0.2, -0.15) is 0 Å². The Labute approximate surface area is 89.1 Å². The highest BCUT2D eigenvalue weighted by Gasteiger charge is 2.40. The van der Waals surface area contributed by atoms with E-state index in [2.05, 4.69) is 53.5 Å². The molecule has 1 aliphatic rings. The first-order valence-corrected chi connectivity index (χ1v) is 5.09. The van der Waals surface area contributed by atoms with Crippen LogP contribution in [0.2, 0.25) is 0 Å². The molecule has 72 valence electrons. The van der Waals surface area contributed by atoms with Crippen LogP contribution >= 0.6 is 0 Å². The number of benzene rings is 2. The van der Waals surface area contributed by atoms with Crippen LogP contribution in [-0.4, -0.2) is 6.21 Å². The Kier molecular flexibility index (Phi) is 1.72. The van der Waals surface area contributed by atoms with Crippen molar-refractivity contribution in [2.75, 3.05) is 0 Å². The number of rotatable bonds is 2. The Bertz CT molecular complexity index is 438. The standard InChI is InChI=1S/C14H11N/c1-3-7-12(8-4-1)14(11-15-14)13-9-5-2-6-10-13/h1-11H. The molecule has 0 atom stereocenters. The minimum Gasteiger partial charge on any atom is -0.272 e. The van der Waals surface area contributed by atoms with E-state index in [0.29, 0.717) is 0 Å². The van der Waals surface area contributed by atoms with Crippen molar-refractivity contribution in [1.29, 1.82) is 0 Å². The molecule has 1 heteroatoms. The third kappa shape index (κ3) is 1.28. The van der Waals surface area contributed by atoms with Crippen LogP contribution in [0.3, 0.4) is 0 Å². The lowest BCUT2D eigenvalue weighted by molar-refractivity contribution is 0.868. The monoisotopic (exact) mass is 193 g/mol. The number of nitrogens with zero attached hydrogens (tertiary/aromatic N) is 1. The van der Waals surface area contributed by atoms with E-state index in [1.807, 2.05) is 18.3 Å². The highest BCUT2D eigenvalue weighted by atomic mass is 15.0. The molecule has 0 N–H and O–H groups in total. The van der Waals surface area contributed by atoms with Crippen molar-refractivity contribution < 1.29 is 0 Å². The zero-order valence-corrected chi connectivity index (χ0v) is 8.30. The lowest BCUT2D eigenvalue weighted by Crippen LogP contribution is -2.12. The van der Waals surface area contributed by atoms with Crippen LogP contribution in [0, 0.1) is 0 Å². The number of hydrogen-bond donors (Lipinski definition) is 0. The molecule has 0 spiro atoms. The molecule has 0 saturated carbocycles. The predicted octanol–water partition coefficient (Wildman–Crippen LogP) is 3.01. The van der Waals surface area contributed by atoms with Crippen molar-refractivity contribution >= 4 is 6.21 Å². The molecule has 0 fully saturated rings. The van der Waals surface area contributed by atoms with Gasteiger partial charge in [0.1, 0.15) is 5.54 Å². The van der Waals surface area contributed by atoms with Crippen LogP contribution in [0.4, 0.5) is 0 Å². The number of aliphatic imine (C=N–C) groups is 1. The maximum absolute atomic E-state index is 4.45. The van der Waals surface area contributed by atoms with Crippen molar-refractivity contribution in [1.82, 2.24) is 0 Å². The van der Waals surface area contributed by atoms with E-state index in [-0.39, 0.29) is 5.54 Å². The Balaban J connectivity index is 2.06. The van der Waals surface area contributed by atoms with Crippen molar-refractivity contribution in [2.45, 2.75) is 5.54 Å². The third-order valence-electron chi connectivity index (χ3n) is 2.82. The summed E-state index contributed by atoms with van der Waals surface area (Å²) >= 11 is 0. The first kappa shape index (κ1) is 8.42. The molecule has 2 aromatic carbocycles. The molecular weight excluding hydrogens is 182 g/mol. The van der Waals surface area contributed by atoms with Crippen molar-refractivity contribution in [3.63, 3.8) is 0 Å². The van der Waals surface area contributed by atoms with Gasteiger partial charge in [-0.25, -0.2) is 0 Å². The minimum atomic E-state index is -0.164. The second-order valence-electron chi connectivity index (χ2n) is 3.76. The van der Waals surface area contributed by atoms with E-state index in [4.69, 9.17) is 0 Å². The van der Waals surface area contributed by atoms with E-state index in [9.17, 15) is 0 Å². The van der Waals surface area contributed by atoms with E-state index in [0.717, 1.165) is 0 Å². The SMILES string of the molecule is C1=NC1(c1ccccc1)c1ccccc1. The van der Waals surface area contributed by atoms with Gasteiger partial charge in [0.25, 0.3) is 0 Å². The van der Waals surface area contributed by atoms with Gasteiger partial charge >= 0.3 is 0 Å². The summed E-state index contributed by atoms with van der Waals surface area (Å²) in [5.41, 5.74) is 2.33. The molecular formula is C14H11N. The highest BCUT2D eigenvalue weighted by Crippen LogP contribution is 2.39. The van der Waals surface area contributed by atoms with Gasteiger partial charge in [-0.1, -0.05) is 60.7 Å². The lowest BCUT2D eigenvalue weighted by atomic mass is 9.90. The molecule has 0 amide bonds. The second-order valence-corrected chi connectivity index (χ2v) is 3.76. The van der Waals surface area contributed by atoms with Gasteiger partial charge < -0.3 is 0 Å². The minimum absolute atomic E-state index is 0.164. The molecule has 3 rings (SSSR count). The summed E-state index contributed by atoms with van der Waals surface area (Å²) < 4.78 is 0. The normalized spacial score (nSPS) is 16.3. The zero-order chi connectivity index (χ0) is 10.1. The van der Waals surface area contributed by atoms with Crippen LogP contribution in [0.5, 0.6) is 0 Å². The van der Waals surface area contributed by atoms with E-state index >= 15 is 0 Å². The van der Waals surface area contributed by atoms with Gasteiger partial charge in [0.15, 0.2) is 0 Å². The molecule has 0 saturated heterocycles. The summed E-state index contributed by atoms with van der Waals surface area (Å²) in [5, 5.41) is 0. The molecule has 0 radical (unpaired) electrons. The largest absolute Gasteiger partial charge is 0.272 e. The summed E-state index contributed by atoms with van der Waals surface area (Å²) in [4.78, 5) is 4.45. The molecule has 1 heterocycles. The summed E-state index contributed by atoms with van der Waals surface area (Å²) in [5.74, 6) is 0. The summed E-state index contributed by atoms with van der Waals surface area (Å²) in [7, 11) is 0. The lowest BCUT2D eigenvalue weighted by Gasteiger charge is -2.13. The maximum atomic E-state index is 4.45. The van der Waals surface area contributed by atoms with Crippen LogP contribution in [0.15, 0.2) is 65.7 Å². The molecule has 0 aromatic heterocycles. The van der Waals surface area contributed by atoms with E-state index in [1.165, 1.54) is 11.1 Å². The Morgan fingerprint density at radius 1 is 0.667 bits per heavy atom. The van der Waals surface area contributed by atoms with Gasteiger partial charge in [0.05, 0.1) is 0 Å².